The van der Waals surface area contributed by atoms with Crippen molar-refractivity contribution in [2.24, 2.45) is 0 Å². The SMILES string of the molecule is Nc1ncc(-c2cc(C(F)(F)F)ccc2Br)s1. The van der Waals surface area contributed by atoms with Crippen molar-refractivity contribution in [1.29, 1.82) is 0 Å². The first-order valence-corrected chi connectivity index (χ1v) is 6.07. The fourth-order valence-electron chi connectivity index (χ4n) is 1.30. The zero-order valence-electron chi connectivity index (χ0n) is 8.25. The number of hydrogen-bond acceptors (Lipinski definition) is 3. The Labute approximate surface area is 107 Å². The Morgan fingerprint density at radius 2 is 2.00 bits per heavy atom. The third kappa shape index (κ3) is 2.61. The van der Waals surface area contributed by atoms with Gasteiger partial charge in [-0.05, 0) is 18.2 Å². The van der Waals surface area contributed by atoms with Crippen molar-refractivity contribution >= 4 is 32.4 Å². The number of halogens is 4. The molecule has 0 saturated carbocycles. The van der Waals surface area contributed by atoms with Crippen LogP contribution in [-0.2, 0) is 6.18 Å². The number of hydrogen-bond donors (Lipinski definition) is 1. The summed E-state index contributed by atoms with van der Waals surface area (Å²) in [6, 6.07) is 3.48. The number of aromatic nitrogens is 1. The maximum atomic E-state index is 12.6. The average Bonchev–Trinajstić information content (AvgIpc) is 2.63. The van der Waals surface area contributed by atoms with Crippen LogP contribution in [0.4, 0.5) is 18.3 Å². The Hall–Kier alpha value is -1.08. The van der Waals surface area contributed by atoms with Crippen molar-refractivity contribution in [3.8, 4) is 10.4 Å². The molecule has 2 nitrogen and oxygen atoms in total. The van der Waals surface area contributed by atoms with E-state index in [0.717, 1.165) is 23.5 Å². The molecule has 0 atom stereocenters. The van der Waals surface area contributed by atoms with Gasteiger partial charge in [0, 0.05) is 16.2 Å². The summed E-state index contributed by atoms with van der Waals surface area (Å²) >= 11 is 4.36. The third-order valence-corrected chi connectivity index (χ3v) is 3.63. The number of alkyl halides is 3. The number of anilines is 1. The van der Waals surface area contributed by atoms with Gasteiger partial charge in [0.1, 0.15) is 0 Å². The Kier molecular flexibility index (Phi) is 3.13. The highest BCUT2D eigenvalue weighted by atomic mass is 79.9. The molecule has 1 heterocycles. The van der Waals surface area contributed by atoms with Crippen molar-refractivity contribution in [3.63, 3.8) is 0 Å². The number of rotatable bonds is 1. The van der Waals surface area contributed by atoms with Gasteiger partial charge >= 0.3 is 6.18 Å². The van der Waals surface area contributed by atoms with Crippen LogP contribution in [0, 0.1) is 0 Å². The molecule has 1 aromatic carbocycles. The summed E-state index contributed by atoms with van der Waals surface area (Å²) in [7, 11) is 0. The van der Waals surface area contributed by atoms with Gasteiger partial charge in [0.15, 0.2) is 5.13 Å². The van der Waals surface area contributed by atoms with Gasteiger partial charge in [-0.1, -0.05) is 27.3 Å². The van der Waals surface area contributed by atoms with Gasteiger partial charge in [-0.15, -0.1) is 0 Å². The van der Waals surface area contributed by atoms with E-state index in [9.17, 15) is 13.2 Å². The Morgan fingerprint density at radius 3 is 2.53 bits per heavy atom. The van der Waals surface area contributed by atoms with Crippen LogP contribution in [-0.4, -0.2) is 4.98 Å². The first-order chi connectivity index (χ1) is 7.88. The molecule has 17 heavy (non-hydrogen) atoms. The Balaban J connectivity index is 2.54. The lowest BCUT2D eigenvalue weighted by Crippen LogP contribution is -2.04. The van der Waals surface area contributed by atoms with Gasteiger partial charge < -0.3 is 5.73 Å². The van der Waals surface area contributed by atoms with E-state index in [2.05, 4.69) is 20.9 Å². The average molecular weight is 323 g/mol. The molecule has 0 aliphatic heterocycles. The first-order valence-electron chi connectivity index (χ1n) is 4.46. The molecule has 0 bridgehead atoms. The number of nitrogens with zero attached hydrogens (tertiary/aromatic N) is 1. The number of thiazole rings is 1. The van der Waals surface area contributed by atoms with Crippen molar-refractivity contribution in [2.75, 3.05) is 5.73 Å². The van der Waals surface area contributed by atoms with Gasteiger partial charge in [-0.3, -0.25) is 0 Å². The summed E-state index contributed by atoms with van der Waals surface area (Å²) < 4.78 is 38.3. The fourth-order valence-corrected chi connectivity index (χ4v) is 2.61. The normalized spacial score (nSPS) is 11.8. The molecule has 2 aromatic rings. The van der Waals surface area contributed by atoms with Gasteiger partial charge in [-0.2, -0.15) is 13.2 Å². The van der Waals surface area contributed by atoms with Crippen LogP contribution in [0.3, 0.4) is 0 Å². The van der Waals surface area contributed by atoms with Crippen LogP contribution in [0.2, 0.25) is 0 Å². The summed E-state index contributed by atoms with van der Waals surface area (Å²) in [4.78, 5) is 4.42. The molecule has 7 heteroatoms. The number of nitrogen functional groups attached to an aromatic ring is 1. The minimum absolute atomic E-state index is 0.323. The van der Waals surface area contributed by atoms with E-state index in [-0.39, 0.29) is 0 Å². The highest BCUT2D eigenvalue weighted by Crippen LogP contribution is 2.38. The molecule has 0 spiro atoms. The highest BCUT2D eigenvalue weighted by molar-refractivity contribution is 9.10. The van der Waals surface area contributed by atoms with Gasteiger partial charge in [0.2, 0.25) is 0 Å². The van der Waals surface area contributed by atoms with Gasteiger partial charge in [0.25, 0.3) is 0 Å². The molecule has 0 aliphatic carbocycles. The van der Waals surface area contributed by atoms with Crippen LogP contribution in [0.5, 0.6) is 0 Å². The maximum absolute atomic E-state index is 12.6. The zero-order chi connectivity index (χ0) is 12.6. The summed E-state index contributed by atoms with van der Waals surface area (Å²) in [5.74, 6) is 0. The predicted octanol–water partition coefficient (Wildman–Crippen LogP) is 4.17. The number of nitrogens with two attached hydrogens (primary N) is 1. The van der Waals surface area contributed by atoms with Crippen LogP contribution in [0.25, 0.3) is 10.4 Å². The molecule has 2 N–H and O–H groups in total. The lowest BCUT2D eigenvalue weighted by Gasteiger charge is -2.09. The minimum Gasteiger partial charge on any atom is -0.375 e. The van der Waals surface area contributed by atoms with Gasteiger partial charge in [0.05, 0.1) is 10.4 Å². The van der Waals surface area contributed by atoms with Gasteiger partial charge in [-0.25, -0.2) is 4.98 Å². The molecule has 0 amide bonds. The minimum atomic E-state index is -4.36. The van der Waals surface area contributed by atoms with E-state index >= 15 is 0 Å². The molecule has 0 aliphatic rings. The van der Waals surface area contributed by atoms with E-state index in [0.29, 0.717) is 20.0 Å². The van der Waals surface area contributed by atoms with Crippen molar-refractivity contribution in [2.45, 2.75) is 6.18 Å². The smallest absolute Gasteiger partial charge is 0.375 e. The molecule has 2 rings (SSSR count). The lowest BCUT2D eigenvalue weighted by molar-refractivity contribution is -0.137. The molecule has 0 saturated heterocycles. The highest BCUT2D eigenvalue weighted by Gasteiger charge is 2.31. The topological polar surface area (TPSA) is 38.9 Å². The Morgan fingerprint density at radius 1 is 1.29 bits per heavy atom. The van der Waals surface area contributed by atoms with E-state index < -0.39 is 11.7 Å². The molecule has 1 aromatic heterocycles. The van der Waals surface area contributed by atoms with Crippen LogP contribution in [0.1, 0.15) is 5.56 Å². The quantitative estimate of drug-likeness (QED) is 0.855. The van der Waals surface area contributed by atoms with E-state index in [1.807, 2.05) is 0 Å². The van der Waals surface area contributed by atoms with Crippen LogP contribution < -0.4 is 5.73 Å². The summed E-state index contributed by atoms with van der Waals surface area (Å²) in [5.41, 5.74) is 5.21. The predicted molar refractivity (Wildman–Crippen MR) is 64.7 cm³/mol. The van der Waals surface area contributed by atoms with Crippen LogP contribution >= 0.6 is 27.3 Å². The fraction of sp³-hybridized carbons (Fsp3) is 0.100. The maximum Gasteiger partial charge on any atom is 0.416 e. The molecular formula is C10H6BrF3N2S. The van der Waals surface area contributed by atoms with E-state index in [1.54, 1.807) is 0 Å². The molecule has 90 valence electrons. The summed E-state index contributed by atoms with van der Waals surface area (Å²) in [6.45, 7) is 0. The molecule has 0 radical (unpaired) electrons. The largest absolute Gasteiger partial charge is 0.416 e. The molecule has 0 fully saturated rings. The Bertz CT molecular complexity index is 551. The third-order valence-electron chi connectivity index (χ3n) is 2.08. The second-order valence-electron chi connectivity index (χ2n) is 3.26. The second-order valence-corrected chi connectivity index (χ2v) is 5.17. The molecule has 0 unspecified atom stereocenters. The standard InChI is InChI=1S/C10H6BrF3N2S/c11-7-2-1-5(10(12,13)14)3-6(7)8-4-16-9(15)17-8/h1-4H,(H2,15,16). The lowest BCUT2D eigenvalue weighted by atomic mass is 10.1. The molecular weight excluding hydrogens is 317 g/mol. The zero-order valence-corrected chi connectivity index (χ0v) is 10.7. The second kappa shape index (κ2) is 4.30. The van der Waals surface area contributed by atoms with Crippen LogP contribution in [0.15, 0.2) is 28.9 Å². The first kappa shape index (κ1) is 12.4. The van der Waals surface area contributed by atoms with Crippen molar-refractivity contribution < 1.29 is 13.2 Å². The summed E-state index contributed by atoms with van der Waals surface area (Å²) in [6.07, 6.45) is -2.90. The monoisotopic (exact) mass is 322 g/mol. The van der Waals surface area contributed by atoms with E-state index in [4.69, 9.17) is 5.73 Å². The summed E-state index contributed by atoms with van der Waals surface area (Å²) in [5, 5.41) is 0.323. The van der Waals surface area contributed by atoms with Crippen molar-refractivity contribution in [1.82, 2.24) is 4.98 Å². The van der Waals surface area contributed by atoms with Crippen molar-refractivity contribution in [3.05, 3.63) is 34.4 Å². The van der Waals surface area contributed by atoms with E-state index in [1.165, 1.54) is 12.3 Å². The number of benzene rings is 1.